The summed E-state index contributed by atoms with van der Waals surface area (Å²) in [4.78, 5) is 0. The minimum Gasteiger partial charge on any atom is -0.399 e. The molecule has 0 aromatic heterocycles. The largest absolute Gasteiger partial charge is 0.399 e. The third-order valence-electron chi connectivity index (χ3n) is 3.00. The van der Waals surface area contributed by atoms with Gasteiger partial charge in [0.2, 0.25) is 0 Å². The van der Waals surface area contributed by atoms with E-state index in [1.807, 2.05) is 55.7 Å². The van der Waals surface area contributed by atoms with E-state index < -0.39 is 0 Å². The molecular formula is C16H20N2S3. The number of hydrogen-bond acceptors (Lipinski definition) is 5. The Hall–Kier alpha value is -0.910. The molecule has 2 aromatic rings. The molecule has 0 spiro atoms. The predicted molar refractivity (Wildman–Crippen MR) is 102 cm³/mol. The lowest BCUT2D eigenvalue weighted by Crippen LogP contribution is -1.90. The summed E-state index contributed by atoms with van der Waals surface area (Å²) < 4.78 is 0. The van der Waals surface area contributed by atoms with E-state index in [1.54, 1.807) is 0 Å². The zero-order chi connectivity index (χ0) is 14.9. The molecule has 0 saturated carbocycles. The average molecular weight is 337 g/mol. The maximum Gasteiger partial charge on any atom is 0.0314 e. The van der Waals surface area contributed by atoms with E-state index >= 15 is 0 Å². The molecular weight excluding hydrogens is 316 g/mol. The van der Waals surface area contributed by atoms with Crippen molar-refractivity contribution in [3.05, 3.63) is 59.7 Å². The molecule has 0 unspecified atom stereocenters. The van der Waals surface area contributed by atoms with Crippen molar-refractivity contribution in [2.75, 3.05) is 23.0 Å². The predicted octanol–water partition coefficient (Wildman–Crippen LogP) is 4.67. The Bertz CT molecular complexity index is 477. The number of rotatable bonds is 8. The average Bonchev–Trinajstić information content (AvgIpc) is 2.50. The topological polar surface area (TPSA) is 52.0 Å². The fourth-order valence-electron chi connectivity index (χ4n) is 1.79. The summed E-state index contributed by atoms with van der Waals surface area (Å²) in [6, 6.07) is 16.3. The van der Waals surface area contributed by atoms with E-state index in [0.29, 0.717) is 0 Å². The van der Waals surface area contributed by atoms with Gasteiger partial charge in [-0.05, 0) is 58.1 Å². The molecule has 0 bridgehead atoms. The van der Waals surface area contributed by atoms with Gasteiger partial charge < -0.3 is 11.5 Å². The van der Waals surface area contributed by atoms with Gasteiger partial charge in [0.05, 0.1) is 0 Å². The Labute approximate surface area is 138 Å². The highest BCUT2D eigenvalue weighted by molar-refractivity contribution is 9.09. The lowest BCUT2D eigenvalue weighted by molar-refractivity contribution is 1.16. The van der Waals surface area contributed by atoms with Crippen molar-refractivity contribution in [2.24, 2.45) is 0 Å². The van der Waals surface area contributed by atoms with Gasteiger partial charge in [-0.3, -0.25) is 0 Å². The summed E-state index contributed by atoms with van der Waals surface area (Å²) in [5.41, 5.74) is 15.7. The van der Waals surface area contributed by atoms with E-state index in [4.69, 9.17) is 11.5 Å². The fraction of sp³-hybridized carbons (Fsp3) is 0.250. The molecule has 112 valence electrons. The van der Waals surface area contributed by atoms with Crippen molar-refractivity contribution in [2.45, 2.75) is 12.8 Å². The summed E-state index contributed by atoms with van der Waals surface area (Å²) in [5.74, 6) is 2.26. The van der Waals surface area contributed by atoms with E-state index in [2.05, 4.69) is 24.3 Å². The van der Waals surface area contributed by atoms with Crippen molar-refractivity contribution in [1.29, 1.82) is 0 Å². The fourth-order valence-corrected chi connectivity index (χ4v) is 5.58. The quantitative estimate of drug-likeness (QED) is 0.417. The zero-order valence-electron chi connectivity index (χ0n) is 11.8. The van der Waals surface area contributed by atoms with Crippen LogP contribution in [0, 0.1) is 0 Å². The Morgan fingerprint density at radius 1 is 0.619 bits per heavy atom. The number of benzene rings is 2. The van der Waals surface area contributed by atoms with Crippen molar-refractivity contribution >= 4 is 42.8 Å². The van der Waals surface area contributed by atoms with Gasteiger partial charge in [-0.1, -0.05) is 45.9 Å². The first-order chi connectivity index (χ1) is 10.2. The zero-order valence-corrected chi connectivity index (χ0v) is 14.3. The van der Waals surface area contributed by atoms with Crippen LogP contribution in [-0.2, 0) is 12.8 Å². The summed E-state index contributed by atoms with van der Waals surface area (Å²) >= 11 is 0. The first-order valence-corrected chi connectivity index (χ1v) is 10.7. The van der Waals surface area contributed by atoms with Crippen LogP contribution in [0.3, 0.4) is 0 Å². The van der Waals surface area contributed by atoms with Crippen molar-refractivity contribution < 1.29 is 0 Å². The van der Waals surface area contributed by atoms with Crippen LogP contribution < -0.4 is 11.5 Å². The van der Waals surface area contributed by atoms with E-state index in [9.17, 15) is 0 Å². The number of nitrogens with two attached hydrogens (primary N) is 2. The molecule has 4 N–H and O–H groups in total. The number of aryl methyl sites for hydroxylation is 2. The van der Waals surface area contributed by atoms with Crippen LogP contribution in [0.5, 0.6) is 0 Å². The van der Waals surface area contributed by atoms with Gasteiger partial charge in [0.15, 0.2) is 0 Å². The van der Waals surface area contributed by atoms with Crippen molar-refractivity contribution in [3.8, 4) is 0 Å². The second-order valence-corrected chi connectivity index (χ2v) is 9.17. The van der Waals surface area contributed by atoms with Gasteiger partial charge in [0, 0.05) is 22.9 Å². The molecule has 0 heterocycles. The molecule has 2 aromatic carbocycles. The van der Waals surface area contributed by atoms with Gasteiger partial charge >= 0.3 is 0 Å². The molecule has 0 aliphatic heterocycles. The van der Waals surface area contributed by atoms with Gasteiger partial charge in [-0.25, -0.2) is 0 Å². The van der Waals surface area contributed by atoms with Gasteiger partial charge in [0.1, 0.15) is 0 Å². The van der Waals surface area contributed by atoms with Crippen LogP contribution in [0.15, 0.2) is 48.5 Å². The van der Waals surface area contributed by atoms with E-state index in [-0.39, 0.29) is 0 Å². The van der Waals surface area contributed by atoms with Gasteiger partial charge in [-0.2, -0.15) is 0 Å². The molecule has 0 radical (unpaired) electrons. The molecule has 2 nitrogen and oxygen atoms in total. The Kier molecular flexibility index (Phi) is 7.19. The van der Waals surface area contributed by atoms with Crippen LogP contribution in [0.25, 0.3) is 0 Å². The minimum absolute atomic E-state index is 0.832. The van der Waals surface area contributed by atoms with Crippen LogP contribution in [0.1, 0.15) is 11.1 Å². The molecule has 0 aliphatic rings. The third-order valence-corrected chi connectivity index (χ3v) is 7.25. The van der Waals surface area contributed by atoms with Crippen LogP contribution in [-0.4, -0.2) is 11.5 Å². The first kappa shape index (κ1) is 16.5. The van der Waals surface area contributed by atoms with Crippen LogP contribution in [0.4, 0.5) is 11.4 Å². The van der Waals surface area contributed by atoms with E-state index in [0.717, 1.165) is 35.7 Å². The standard InChI is InChI=1S/C16H20N2S3/c17-15-5-1-13(2-6-15)9-11-19-21-20-12-10-14-3-7-16(18)8-4-14/h1-8H,9-12,17-18H2. The third kappa shape index (κ3) is 6.59. The molecule has 0 saturated heterocycles. The highest BCUT2D eigenvalue weighted by Gasteiger charge is 1.97. The molecule has 0 aliphatic carbocycles. The normalized spacial score (nSPS) is 10.7. The highest BCUT2D eigenvalue weighted by Crippen LogP contribution is 2.35. The number of hydrogen-bond donors (Lipinski definition) is 2. The summed E-state index contributed by atoms with van der Waals surface area (Å²) in [5, 5.41) is 0. The smallest absolute Gasteiger partial charge is 0.0314 e. The number of anilines is 2. The summed E-state index contributed by atoms with van der Waals surface area (Å²) in [6.07, 6.45) is 2.19. The molecule has 5 heteroatoms. The van der Waals surface area contributed by atoms with Gasteiger partial charge in [-0.15, -0.1) is 0 Å². The Balaban J connectivity index is 1.52. The lowest BCUT2D eigenvalue weighted by atomic mass is 10.2. The van der Waals surface area contributed by atoms with Crippen LogP contribution >= 0.6 is 31.4 Å². The maximum atomic E-state index is 5.67. The Morgan fingerprint density at radius 3 is 1.38 bits per heavy atom. The second kappa shape index (κ2) is 9.18. The highest BCUT2D eigenvalue weighted by atomic mass is 33.5. The maximum absolute atomic E-state index is 5.67. The molecule has 2 rings (SSSR count). The second-order valence-electron chi connectivity index (χ2n) is 4.70. The Morgan fingerprint density at radius 2 is 1.00 bits per heavy atom. The van der Waals surface area contributed by atoms with E-state index in [1.165, 1.54) is 11.1 Å². The molecule has 0 fully saturated rings. The van der Waals surface area contributed by atoms with Crippen molar-refractivity contribution in [3.63, 3.8) is 0 Å². The molecule has 0 amide bonds. The summed E-state index contributed by atoms with van der Waals surface area (Å²) in [6.45, 7) is 0. The van der Waals surface area contributed by atoms with Crippen LogP contribution in [0.2, 0.25) is 0 Å². The molecule has 0 atom stereocenters. The monoisotopic (exact) mass is 336 g/mol. The minimum atomic E-state index is 0.832. The SMILES string of the molecule is Nc1ccc(CCSSSCCc2ccc(N)cc2)cc1. The lowest BCUT2D eigenvalue weighted by Gasteiger charge is -2.03. The van der Waals surface area contributed by atoms with Crippen molar-refractivity contribution in [1.82, 2.24) is 0 Å². The summed E-state index contributed by atoms with van der Waals surface area (Å²) in [7, 11) is 5.72. The van der Waals surface area contributed by atoms with Gasteiger partial charge in [0.25, 0.3) is 0 Å². The number of nitrogen functional groups attached to an aromatic ring is 2. The molecule has 21 heavy (non-hydrogen) atoms. The first-order valence-electron chi connectivity index (χ1n) is 6.84.